The Balaban J connectivity index is 0.000000500. The average Bonchev–Trinajstić information content (AvgIpc) is 2.21. The topological polar surface area (TPSA) is 12.9 Å². The van der Waals surface area contributed by atoms with E-state index in [1.54, 1.807) is 0 Å². The Labute approximate surface area is 92.3 Å². The Morgan fingerprint density at radius 2 is 1.93 bits per heavy atom. The van der Waals surface area contributed by atoms with Crippen LogP contribution in [0.1, 0.15) is 39.3 Å². The first-order valence-corrected chi connectivity index (χ1v) is 6.48. The molecule has 0 atom stereocenters. The van der Waals surface area contributed by atoms with Gasteiger partial charge in [-0.1, -0.05) is 33.3 Å². The average molecular weight is 211 g/mol. The smallest absolute Gasteiger partial charge is 0.0502 e. The van der Waals surface area contributed by atoms with Gasteiger partial charge in [-0.25, -0.2) is 0 Å². The summed E-state index contributed by atoms with van der Waals surface area (Å²) in [6, 6.07) is 6.06. The van der Waals surface area contributed by atoms with Crippen LogP contribution < -0.4 is 0 Å². The van der Waals surface area contributed by atoms with Crippen molar-refractivity contribution in [2.45, 2.75) is 39.4 Å². The van der Waals surface area contributed by atoms with Gasteiger partial charge in [0.1, 0.15) is 0 Å². The number of aromatic nitrogens is 1. The largest absolute Gasteiger partial charge is 0.260 e. The lowest BCUT2D eigenvalue weighted by Crippen LogP contribution is -1.85. The number of thioether (sulfide) groups is 1. The van der Waals surface area contributed by atoms with Crippen LogP contribution in [-0.4, -0.2) is 10.7 Å². The fourth-order valence-electron chi connectivity index (χ4n) is 0.805. The Bertz CT molecular complexity index is 199. The van der Waals surface area contributed by atoms with Gasteiger partial charge in [0.15, 0.2) is 0 Å². The third-order valence-corrected chi connectivity index (χ3v) is 2.52. The molecule has 1 nitrogen and oxygen atoms in total. The van der Waals surface area contributed by atoms with Gasteiger partial charge in [0.25, 0.3) is 0 Å². The van der Waals surface area contributed by atoms with Gasteiger partial charge >= 0.3 is 0 Å². The second-order valence-corrected chi connectivity index (χ2v) is 4.19. The van der Waals surface area contributed by atoms with Crippen LogP contribution in [0.3, 0.4) is 0 Å². The van der Waals surface area contributed by atoms with Gasteiger partial charge in [-0.3, -0.25) is 4.98 Å². The van der Waals surface area contributed by atoms with E-state index in [0.29, 0.717) is 0 Å². The van der Waals surface area contributed by atoms with Gasteiger partial charge < -0.3 is 0 Å². The maximum Gasteiger partial charge on any atom is 0.0502 e. The van der Waals surface area contributed by atoms with Crippen molar-refractivity contribution in [1.82, 2.24) is 4.98 Å². The quantitative estimate of drug-likeness (QED) is 0.694. The molecule has 0 spiro atoms. The monoisotopic (exact) mass is 211 g/mol. The fourth-order valence-corrected chi connectivity index (χ4v) is 1.62. The molecule has 0 saturated heterocycles. The zero-order chi connectivity index (χ0) is 10.6. The zero-order valence-corrected chi connectivity index (χ0v) is 10.3. The molecule has 0 radical (unpaired) electrons. The number of hydrogen-bond donors (Lipinski definition) is 0. The predicted octanol–water partition coefficient (Wildman–Crippen LogP) is 4.14. The van der Waals surface area contributed by atoms with Crippen LogP contribution in [0.5, 0.6) is 0 Å². The second kappa shape index (κ2) is 10.6. The van der Waals surface area contributed by atoms with Crippen molar-refractivity contribution in [3.63, 3.8) is 0 Å². The first-order valence-electron chi connectivity index (χ1n) is 5.32. The third-order valence-electron chi connectivity index (χ3n) is 1.32. The van der Waals surface area contributed by atoms with Crippen molar-refractivity contribution < 1.29 is 0 Å². The van der Waals surface area contributed by atoms with Crippen LogP contribution in [0, 0.1) is 0 Å². The third kappa shape index (κ3) is 8.11. The molecule has 0 unspecified atom stereocenters. The van der Waals surface area contributed by atoms with Crippen molar-refractivity contribution in [3.8, 4) is 0 Å². The molecule has 0 fully saturated rings. The maximum atomic E-state index is 4.23. The van der Waals surface area contributed by atoms with Crippen molar-refractivity contribution in [3.05, 3.63) is 30.1 Å². The molecule has 1 heterocycles. The van der Waals surface area contributed by atoms with Gasteiger partial charge in [-0.2, -0.15) is 11.8 Å². The summed E-state index contributed by atoms with van der Waals surface area (Å²) < 4.78 is 0. The van der Waals surface area contributed by atoms with E-state index in [1.165, 1.54) is 24.3 Å². The summed E-state index contributed by atoms with van der Waals surface area (Å²) in [6.45, 7) is 6.45. The lowest BCUT2D eigenvalue weighted by atomic mass is 10.4. The van der Waals surface area contributed by atoms with Crippen LogP contribution in [0.4, 0.5) is 0 Å². The standard InChI is InChI=1S/C9H13NS.C3H8/c1-2-7-11-8-9-5-3-4-6-10-9;1-3-2/h3-6H,2,7-8H2,1H3;3H2,1-2H3. The lowest BCUT2D eigenvalue weighted by molar-refractivity contribution is 1.09. The van der Waals surface area contributed by atoms with Crippen LogP contribution in [0.2, 0.25) is 0 Å². The molecule has 1 rings (SSSR count). The first kappa shape index (κ1) is 13.5. The zero-order valence-electron chi connectivity index (χ0n) is 9.49. The minimum absolute atomic E-state index is 1.05. The molecular weight excluding hydrogens is 190 g/mol. The van der Waals surface area contributed by atoms with Gasteiger partial charge in [0.2, 0.25) is 0 Å². The van der Waals surface area contributed by atoms with Crippen LogP contribution in [0.25, 0.3) is 0 Å². The summed E-state index contributed by atoms with van der Waals surface area (Å²) in [5, 5.41) is 0. The van der Waals surface area contributed by atoms with Gasteiger partial charge in [0, 0.05) is 11.9 Å². The number of rotatable bonds is 4. The molecular formula is C12H21NS. The van der Waals surface area contributed by atoms with Crippen LogP contribution in [-0.2, 0) is 5.75 Å². The van der Waals surface area contributed by atoms with Crippen molar-refractivity contribution in [2.24, 2.45) is 0 Å². The molecule has 0 aliphatic carbocycles. The molecule has 0 aromatic carbocycles. The molecule has 0 aliphatic rings. The lowest BCUT2D eigenvalue weighted by Gasteiger charge is -1.97. The SMILES string of the molecule is CCC.CCCSCc1ccccn1. The summed E-state index contributed by atoms with van der Waals surface area (Å²) in [5.41, 5.74) is 1.19. The normalized spacial score (nSPS) is 9.07. The molecule has 0 saturated carbocycles. The van der Waals surface area contributed by atoms with E-state index in [9.17, 15) is 0 Å². The van der Waals surface area contributed by atoms with E-state index < -0.39 is 0 Å². The van der Waals surface area contributed by atoms with Crippen molar-refractivity contribution in [1.29, 1.82) is 0 Å². The second-order valence-electron chi connectivity index (χ2n) is 3.08. The molecule has 0 N–H and O–H groups in total. The summed E-state index contributed by atoms with van der Waals surface area (Å²) in [7, 11) is 0. The summed E-state index contributed by atoms with van der Waals surface area (Å²) in [6.07, 6.45) is 4.35. The minimum atomic E-state index is 1.05. The summed E-state index contributed by atoms with van der Waals surface area (Å²) in [5.74, 6) is 2.28. The Kier molecular flexibility index (Phi) is 10.2. The number of pyridine rings is 1. The van der Waals surface area contributed by atoms with Crippen LogP contribution in [0.15, 0.2) is 24.4 Å². The Morgan fingerprint density at radius 3 is 2.43 bits per heavy atom. The molecule has 0 bridgehead atoms. The highest BCUT2D eigenvalue weighted by molar-refractivity contribution is 7.98. The van der Waals surface area contributed by atoms with Crippen molar-refractivity contribution in [2.75, 3.05) is 5.75 Å². The first-order chi connectivity index (χ1) is 6.85. The molecule has 1 aromatic rings. The Hall–Kier alpha value is -0.500. The molecule has 2 heteroatoms. The summed E-state index contributed by atoms with van der Waals surface area (Å²) >= 11 is 1.94. The fraction of sp³-hybridized carbons (Fsp3) is 0.583. The molecule has 0 aliphatic heterocycles. The molecule has 1 aromatic heterocycles. The molecule has 14 heavy (non-hydrogen) atoms. The van der Waals surface area contributed by atoms with Crippen LogP contribution >= 0.6 is 11.8 Å². The van der Waals surface area contributed by atoms with E-state index in [-0.39, 0.29) is 0 Å². The molecule has 80 valence electrons. The highest BCUT2D eigenvalue weighted by Gasteiger charge is 1.90. The van der Waals surface area contributed by atoms with E-state index in [2.05, 4.69) is 31.8 Å². The van der Waals surface area contributed by atoms with E-state index in [1.807, 2.05) is 30.1 Å². The van der Waals surface area contributed by atoms with Gasteiger partial charge in [0.05, 0.1) is 5.69 Å². The van der Waals surface area contributed by atoms with E-state index in [4.69, 9.17) is 0 Å². The van der Waals surface area contributed by atoms with E-state index in [0.717, 1.165) is 5.75 Å². The number of hydrogen-bond acceptors (Lipinski definition) is 2. The maximum absolute atomic E-state index is 4.23. The van der Waals surface area contributed by atoms with Gasteiger partial charge in [-0.05, 0) is 24.3 Å². The summed E-state index contributed by atoms with van der Waals surface area (Å²) in [4.78, 5) is 4.23. The van der Waals surface area contributed by atoms with E-state index >= 15 is 0 Å². The highest BCUT2D eigenvalue weighted by atomic mass is 32.2. The Morgan fingerprint density at radius 1 is 1.21 bits per heavy atom. The number of nitrogens with zero attached hydrogens (tertiary/aromatic N) is 1. The highest BCUT2D eigenvalue weighted by Crippen LogP contribution is 2.09. The minimum Gasteiger partial charge on any atom is -0.260 e. The van der Waals surface area contributed by atoms with Crippen molar-refractivity contribution >= 4 is 11.8 Å². The molecule has 0 amide bonds. The predicted molar refractivity (Wildman–Crippen MR) is 66.7 cm³/mol. The van der Waals surface area contributed by atoms with Gasteiger partial charge in [-0.15, -0.1) is 0 Å².